The van der Waals surface area contributed by atoms with E-state index >= 15 is 0 Å². The predicted octanol–water partition coefficient (Wildman–Crippen LogP) is 4.55. The number of nitrogens with zero attached hydrogens (tertiary/aromatic N) is 2. The minimum atomic E-state index is 0.107. The summed E-state index contributed by atoms with van der Waals surface area (Å²) in [4.78, 5) is 20.1. The van der Waals surface area contributed by atoms with E-state index in [1.54, 1.807) is 0 Å². The zero-order valence-electron chi connectivity index (χ0n) is 14.3. The van der Waals surface area contributed by atoms with Crippen molar-refractivity contribution in [1.29, 1.82) is 0 Å². The van der Waals surface area contributed by atoms with E-state index in [0.717, 1.165) is 27.6 Å². The fraction of sp³-hybridized carbons (Fsp3) is 0.474. The van der Waals surface area contributed by atoms with Gasteiger partial charge in [-0.25, -0.2) is 4.98 Å². The van der Waals surface area contributed by atoms with Crippen LogP contribution in [0.15, 0.2) is 24.3 Å². The summed E-state index contributed by atoms with van der Waals surface area (Å²) < 4.78 is 0. The molecule has 122 valence electrons. The Morgan fingerprint density at radius 3 is 2.57 bits per heavy atom. The summed E-state index contributed by atoms with van der Waals surface area (Å²) in [5.74, 6) is 0.786. The molecule has 0 aliphatic heterocycles. The lowest BCUT2D eigenvalue weighted by molar-refractivity contribution is 0.0731. The molecule has 2 aromatic rings. The third kappa shape index (κ3) is 3.32. The van der Waals surface area contributed by atoms with E-state index in [2.05, 4.69) is 43.1 Å². The molecule has 0 N–H and O–H groups in total. The molecule has 1 saturated carbocycles. The lowest BCUT2D eigenvalue weighted by atomic mass is 10.1. The fourth-order valence-electron chi connectivity index (χ4n) is 2.84. The van der Waals surface area contributed by atoms with Crippen LogP contribution in [0.2, 0.25) is 0 Å². The van der Waals surface area contributed by atoms with Crippen molar-refractivity contribution in [1.82, 2.24) is 9.88 Å². The summed E-state index contributed by atoms with van der Waals surface area (Å²) in [6, 6.07) is 8.78. The molecule has 23 heavy (non-hydrogen) atoms. The number of thiazole rings is 1. The van der Waals surface area contributed by atoms with E-state index in [-0.39, 0.29) is 5.91 Å². The first-order chi connectivity index (χ1) is 11.0. The largest absolute Gasteiger partial charge is 0.338 e. The molecule has 3 rings (SSSR count). The molecule has 0 saturated heterocycles. The number of aromatic nitrogens is 1. The van der Waals surface area contributed by atoms with Gasteiger partial charge in [-0.05, 0) is 44.6 Å². The smallest absolute Gasteiger partial charge is 0.265 e. The molecule has 0 spiro atoms. The molecule has 0 radical (unpaired) electrons. The molecule has 1 fully saturated rings. The number of hydrogen-bond donors (Lipinski definition) is 0. The van der Waals surface area contributed by atoms with E-state index in [1.165, 1.54) is 29.7 Å². The van der Waals surface area contributed by atoms with Crippen molar-refractivity contribution in [3.05, 3.63) is 40.4 Å². The van der Waals surface area contributed by atoms with Crippen LogP contribution < -0.4 is 0 Å². The minimum Gasteiger partial charge on any atom is -0.338 e. The predicted molar refractivity (Wildman–Crippen MR) is 95.9 cm³/mol. The maximum absolute atomic E-state index is 12.8. The van der Waals surface area contributed by atoms with Crippen molar-refractivity contribution in [3.8, 4) is 10.6 Å². The van der Waals surface area contributed by atoms with Crippen molar-refractivity contribution >= 4 is 17.2 Å². The Balaban J connectivity index is 1.83. The molecule has 1 aliphatic rings. The number of benzene rings is 1. The fourth-order valence-corrected chi connectivity index (χ4v) is 3.90. The molecule has 3 nitrogen and oxygen atoms in total. The van der Waals surface area contributed by atoms with Crippen molar-refractivity contribution < 1.29 is 4.79 Å². The first-order valence-corrected chi connectivity index (χ1v) is 9.16. The van der Waals surface area contributed by atoms with Crippen LogP contribution in [0, 0.1) is 12.8 Å². The van der Waals surface area contributed by atoms with Crippen molar-refractivity contribution in [2.75, 3.05) is 7.05 Å². The average molecular weight is 328 g/mol. The van der Waals surface area contributed by atoms with E-state index in [4.69, 9.17) is 0 Å². The van der Waals surface area contributed by atoms with Crippen LogP contribution in [0.5, 0.6) is 0 Å². The van der Waals surface area contributed by atoms with Crippen LogP contribution in [-0.4, -0.2) is 28.9 Å². The Morgan fingerprint density at radius 2 is 2.00 bits per heavy atom. The zero-order valence-corrected chi connectivity index (χ0v) is 15.1. The number of carbonyl (C=O) groups excluding carboxylic acids is 1. The van der Waals surface area contributed by atoms with Crippen molar-refractivity contribution in [3.63, 3.8) is 0 Å². The third-order valence-corrected chi connectivity index (χ3v) is 6.03. The Hall–Kier alpha value is -1.68. The van der Waals surface area contributed by atoms with E-state index in [0.29, 0.717) is 12.0 Å². The Bertz CT molecular complexity index is 701. The lowest BCUT2D eigenvalue weighted by Gasteiger charge is -2.24. The highest BCUT2D eigenvalue weighted by Gasteiger charge is 2.33. The monoisotopic (exact) mass is 328 g/mol. The zero-order chi connectivity index (χ0) is 16.6. The quantitative estimate of drug-likeness (QED) is 0.806. The number of carbonyl (C=O) groups is 1. The van der Waals surface area contributed by atoms with Crippen LogP contribution in [0.25, 0.3) is 10.6 Å². The van der Waals surface area contributed by atoms with Gasteiger partial charge in [0.15, 0.2) is 0 Å². The molecule has 4 heteroatoms. The van der Waals surface area contributed by atoms with Gasteiger partial charge < -0.3 is 4.90 Å². The van der Waals surface area contributed by atoms with Gasteiger partial charge >= 0.3 is 0 Å². The molecule has 1 aliphatic carbocycles. The minimum absolute atomic E-state index is 0.107. The second kappa shape index (κ2) is 6.44. The Morgan fingerprint density at radius 1 is 1.35 bits per heavy atom. The molecular formula is C19H24N2OS. The highest BCUT2D eigenvalue weighted by molar-refractivity contribution is 7.17. The maximum Gasteiger partial charge on any atom is 0.265 e. The molecule has 1 amide bonds. The Labute approximate surface area is 142 Å². The molecule has 1 heterocycles. The molecular weight excluding hydrogens is 304 g/mol. The van der Waals surface area contributed by atoms with E-state index < -0.39 is 0 Å². The standard InChI is InChI=1S/C19H24N2OS/c1-5-14-6-8-16(9-7-14)18-20-12(2)17(23-18)19(22)21(4)13(3)15-10-11-15/h6-9,13,15H,5,10-11H2,1-4H3. The number of rotatable bonds is 5. The van der Waals surface area contributed by atoms with E-state index in [9.17, 15) is 4.79 Å². The van der Waals surface area contributed by atoms with Gasteiger partial charge in [0.1, 0.15) is 9.88 Å². The number of hydrogen-bond acceptors (Lipinski definition) is 3. The van der Waals surface area contributed by atoms with Gasteiger partial charge in [-0.15, -0.1) is 11.3 Å². The van der Waals surface area contributed by atoms with Crippen LogP contribution in [0.4, 0.5) is 0 Å². The van der Waals surface area contributed by atoms with Crippen molar-refractivity contribution in [2.24, 2.45) is 5.92 Å². The van der Waals surface area contributed by atoms with Gasteiger partial charge in [-0.2, -0.15) is 0 Å². The van der Waals surface area contributed by atoms with Gasteiger partial charge in [0.05, 0.1) is 5.69 Å². The van der Waals surface area contributed by atoms with Gasteiger partial charge in [0.2, 0.25) is 0 Å². The van der Waals surface area contributed by atoms with Crippen LogP contribution >= 0.6 is 11.3 Å². The topological polar surface area (TPSA) is 33.2 Å². The summed E-state index contributed by atoms with van der Waals surface area (Å²) in [6.45, 7) is 6.23. The second-order valence-corrected chi connectivity index (χ2v) is 7.48. The first kappa shape index (κ1) is 16.2. The Kier molecular flexibility index (Phi) is 4.53. The highest BCUT2D eigenvalue weighted by atomic mass is 32.1. The second-order valence-electron chi connectivity index (χ2n) is 6.48. The first-order valence-electron chi connectivity index (χ1n) is 8.35. The SMILES string of the molecule is CCc1ccc(-c2nc(C)c(C(=O)N(C)C(C)C3CC3)s2)cc1. The summed E-state index contributed by atoms with van der Waals surface area (Å²) >= 11 is 1.51. The van der Waals surface area contributed by atoms with Crippen molar-refractivity contribution in [2.45, 2.75) is 46.1 Å². The van der Waals surface area contributed by atoms with Gasteiger partial charge in [-0.3, -0.25) is 4.79 Å². The van der Waals surface area contributed by atoms with Crippen LogP contribution in [0.3, 0.4) is 0 Å². The summed E-state index contributed by atoms with van der Waals surface area (Å²) in [5.41, 5.74) is 3.24. The number of aryl methyl sites for hydroxylation is 2. The van der Waals surface area contributed by atoms with Gasteiger partial charge in [-0.1, -0.05) is 31.2 Å². The molecule has 1 aromatic carbocycles. The van der Waals surface area contributed by atoms with E-state index in [1.807, 2.05) is 18.9 Å². The normalized spacial score (nSPS) is 15.5. The average Bonchev–Trinajstić information content (AvgIpc) is 3.35. The van der Waals surface area contributed by atoms with Crippen LogP contribution in [-0.2, 0) is 6.42 Å². The van der Waals surface area contributed by atoms with Gasteiger partial charge in [0.25, 0.3) is 5.91 Å². The van der Waals surface area contributed by atoms with Gasteiger partial charge in [0, 0.05) is 18.7 Å². The molecule has 0 bridgehead atoms. The molecule has 1 aromatic heterocycles. The molecule has 1 atom stereocenters. The van der Waals surface area contributed by atoms with Crippen LogP contribution in [0.1, 0.15) is 47.6 Å². The lowest BCUT2D eigenvalue weighted by Crippen LogP contribution is -2.36. The number of amides is 1. The summed E-state index contributed by atoms with van der Waals surface area (Å²) in [7, 11) is 1.92. The molecule has 1 unspecified atom stereocenters. The highest BCUT2D eigenvalue weighted by Crippen LogP contribution is 2.36. The summed E-state index contributed by atoms with van der Waals surface area (Å²) in [6.07, 6.45) is 3.52. The summed E-state index contributed by atoms with van der Waals surface area (Å²) in [5, 5.41) is 0.931. The third-order valence-electron chi connectivity index (χ3n) is 4.84. The maximum atomic E-state index is 12.8.